The van der Waals surface area contributed by atoms with E-state index in [0.29, 0.717) is 5.75 Å². The minimum atomic E-state index is -0.105. The van der Waals surface area contributed by atoms with Crippen LogP contribution in [0.25, 0.3) is 0 Å². The summed E-state index contributed by atoms with van der Waals surface area (Å²) in [5.74, 6) is 0.298. The molecule has 1 atom stereocenters. The van der Waals surface area contributed by atoms with Crippen LogP contribution in [0.3, 0.4) is 0 Å². The van der Waals surface area contributed by atoms with E-state index < -0.39 is 0 Å². The van der Waals surface area contributed by atoms with E-state index in [4.69, 9.17) is 10.1 Å². The van der Waals surface area contributed by atoms with Gasteiger partial charge in [0.25, 0.3) is 0 Å². The number of amides is 1. The van der Waals surface area contributed by atoms with Crippen LogP contribution in [-0.4, -0.2) is 23.9 Å². The minimum absolute atomic E-state index is 0.0431. The van der Waals surface area contributed by atoms with Crippen molar-refractivity contribution in [3.8, 4) is 0 Å². The van der Waals surface area contributed by atoms with Gasteiger partial charge < -0.3 is 4.74 Å². The summed E-state index contributed by atoms with van der Waals surface area (Å²) in [5.41, 5.74) is 2.82. The zero-order chi connectivity index (χ0) is 13.3. The summed E-state index contributed by atoms with van der Waals surface area (Å²) in [6.45, 7) is 3.94. The monoisotopic (exact) mass is 264 g/mol. The lowest BCUT2D eigenvalue weighted by Gasteiger charge is -2.22. The fourth-order valence-electron chi connectivity index (χ4n) is 1.95. The second-order valence-corrected chi connectivity index (χ2v) is 5.23. The molecule has 1 aliphatic heterocycles. The highest BCUT2D eigenvalue weighted by molar-refractivity contribution is 8.15. The third-order valence-electron chi connectivity index (χ3n) is 3.00. The Morgan fingerprint density at radius 2 is 2.22 bits per heavy atom. The largest absolute Gasteiger partial charge is 0.377 e. The van der Waals surface area contributed by atoms with Crippen molar-refractivity contribution in [3.05, 3.63) is 29.3 Å². The number of benzene rings is 1. The van der Waals surface area contributed by atoms with Crippen molar-refractivity contribution in [1.82, 2.24) is 0 Å². The molecule has 0 aliphatic carbocycles. The first-order valence-corrected chi connectivity index (χ1v) is 6.70. The molecule has 0 saturated carbocycles. The molecular weight excluding hydrogens is 248 g/mol. The molecule has 0 spiro atoms. The van der Waals surface area contributed by atoms with Crippen molar-refractivity contribution in [1.29, 1.82) is 5.41 Å². The number of methoxy groups -OCH3 is 1. The fourth-order valence-corrected chi connectivity index (χ4v) is 2.66. The normalized spacial score (nSPS) is 17.4. The first-order valence-electron chi connectivity index (χ1n) is 5.72. The first kappa shape index (κ1) is 13.1. The van der Waals surface area contributed by atoms with Crippen molar-refractivity contribution >= 4 is 28.5 Å². The molecule has 1 aromatic rings. The summed E-state index contributed by atoms with van der Waals surface area (Å²) in [4.78, 5) is 13.3. The Labute approximate surface area is 111 Å². The average Bonchev–Trinajstić information content (AvgIpc) is 2.68. The molecule has 0 aromatic heterocycles. The SMILES string of the molecule is COC(C)c1cc(C)ccc1N1C(=N)SCC1=O. The molecule has 1 saturated heterocycles. The van der Waals surface area contributed by atoms with E-state index in [0.717, 1.165) is 16.8 Å². The van der Waals surface area contributed by atoms with Gasteiger partial charge in [-0.25, -0.2) is 0 Å². The second kappa shape index (κ2) is 5.12. The molecule has 18 heavy (non-hydrogen) atoms. The average molecular weight is 264 g/mol. The summed E-state index contributed by atoms with van der Waals surface area (Å²) in [7, 11) is 1.64. The van der Waals surface area contributed by atoms with Crippen LogP contribution in [0.15, 0.2) is 18.2 Å². The van der Waals surface area contributed by atoms with E-state index in [-0.39, 0.29) is 17.2 Å². The van der Waals surface area contributed by atoms with Crippen molar-refractivity contribution < 1.29 is 9.53 Å². The topological polar surface area (TPSA) is 53.4 Å². The maximum absolute atomic E-state index is 11.9. The molecule has 1 aliphatic rings. The number of rotatable bonds is 3. The molecule has 1 amide bonds. The molecule has 96 valence electrons. The van der Waals surface area contributed by atoms with Crippen LogP contribution >= 0.6 is 11.8 Å². The van der Waals surface area contributed by atoms with Crippen LogP contribution in [0.2, 0.25) is 0 Å². The van der Waals surface area contributed by atoms with Gasteiger partial charge in [-0.15, -0.1) is 0 Å². The zero-order valence-corrected chi connectivity index (χ0v) is 11.5. The molecule has 1 aromatic carbocycles. The zero-order valence-electron chi connectivity index (χ0n) is 10.7. The molecule has 1 unspecified atom stereocenters. The van der Waals surface area contributed by atoms with Gasteiger partial charge in [0.2, 0.25) is 5.91 Å². The lowest BCUT2D eigenvalue weighted by atomic mass is 10.0. The number of carbonyl (C=O) groups is 1. The van der Waals surface area contributed by atoms with Gasteiger partial charge in [-0.2, -0.15) is 0 Å². The third kappa shape index (κ3) is 2.28. The van der Waals surface area contributed by atoms with Crippen LogP contribution < -0.4 is 4.90 Å². The summed E-state index contributed by atoms with van der Waals surface area (Å²) in [6.07, 6.45) is -0.105. The van der Waals surface area contributed by atoms with Gasteiger partial charge in [-0.3, -0.25) is 15.1 Å². The lowest BCUT2D eigenvalue weighted by Crippen LogP contribution is -2.30. The van der Waals surface area contributed by atoms with Gasteiger partial charge in [0.1, 0.15) is 0 Å². The molecule has 1 fully saturated rings. The summed E-state index contributed by atoms with van der Waals surface area (Å²) < 4.78 is 5.35. The van der Waals surface area contributed by atoms with Crippen LogP contribution in [0.4, 0.5) is 5.69 Å². The third-order valence-corrected chi connectivity index (χ3v) is 3.85. The lowest BCUT2D eigenvalue weighted by molar-refractivity contribution is -0.115. The predicted molar refractivity (Wildman–Crippen MR) is 74.3 cm³/mol. The molecule has 0 bridgehead atoms. The number of anilines is 1. The second-order valence-electron chi connectivity index (χ2n) is 4.26. The standard InChI is InChI=1S/C13H16N2O2S/c1-8-4-5-11(10(6-8)9(2)17-3)15-12(16)7-18-13(15)14/h4-6,9,14H,7H2,1-3H3. The quantitative estimate of drug-likeness (QED) is 0.913. The Balaban J connectivity index is 2.49. The first-order chi connectivity index (χ1) is 8.54. The van der Waals surface area contributed by atoms with Crippen LogP contribution in [0.5, 0.6) is 0 Å². The summed E-state index contributed by atoms with van der Waals surface area (Å²) >= 11 is 1.26. The number of nitrogens with zero attached hydrogens (tertiary/aromatic N) is 1. The number of hydrogen-bond acceptors (Lipinski definition) is 4. The highest BCUT2D eigenvalue weighted by Gasteiger charge is 2.30. The van der Waals surface area contributed by atoms with Crippen molar-refractivity contribution in [2.75, 3.05) is 17.8 Å². The van der Waals surface area contributed by atoms with Crippen molar-refractivity contribution in [3.63, 3.8) is 0 Å². The molecule has 1 N–H and O–H groups in total. The number of amidine groups is 1. The number of ether oxygens (including phenoxy) is 1. The highest BCUT2D eigenvalue weighted by Crippen LogP contribution is 2.33. The predicted octanol–water partition coefficient (Wildman–Crippen LogP) is 2.72. The Hall–Kier alpha value is -1.33. The number of thioether (sulfide) groups is 1. The fraction of sp³-hybridized carbons (Fsp3) is 0.385. The van der Waals surface area contributed by atoms with Gasteiger partial charge in [0, 0.05) is 12.7 Å². The van der Waals surface area contributed by atoms with E-state index in [1.165, 1.54) is 16.7 Å². The van der Waals surface area contributed by atoms with E-state index >= 15 is 0 Å². The number of nitrogens with one attached hydrogen (secondary N) is 1. The Bertz CT molecular complexity index is 486. The van der Waals surface area contributed by atoms with Crippen molar-refractivity contribution in [2.45, 2.75) is 20.0 Å². The van der Waals surface area contributed by atoms with E-state index in [1.807, 2.05) is 32.0 Å². The Morgan fingerprint density at radius 1 is 1.50 bits per heavy atom. The minimum Gasteiger partial charge on any atom is -0.377 e. The smallest absolute Gasteiger partial charge is 0.243 e. The molecule has 5 heteroatoms. The summed E-state index contributed by atoms with van der Waals surface area (Å²) in [5, 5.41) is 8.13. The van der Waals surface area contributed by atoms with Gasteiger partial charge >= 0.3 is 0 Å². The van der Waals surface area contributed by atoms with E-state index in [1.54, 1.807) is 7.11 Å². The van der Waals surface area contributed by atoms with Crippen LogP contribution in [0.1, 0.15) is 24.2 Å². The number of aryl methyl sites for hydroxylation is 1. The van der Waals surface area contributed by atoms with Gasteiger partial charge in [0.15, 0.2) is 5.17 Å². The van der Waals surface area contributed by atoms with E-state index in [2.05, 4.69) is 0 Å². The van der Waals surface area contributed by atoms with Crippen LogP contribution in [0, 0.1) is 12.3 Å². The van der Waals surface area contributed by atoms with Crippen LogP contribution in [-0.2, 0) is 9.53 Å². The molecule has 0 radical (unpaired) electrons. The summed E-state index contributed by atoms with van der Waals surface area (Å²) in [6, 6.07) is 5.84. The number of hydrogen-bond donors (Lipinski definition) is 1. The molecule has 4 nitrogen and oxygen atoms in total. The number of carbonyl (C=O) groups excluding carboxylic acids is 1. The van der Waals surface area contributed by atoms with Crippen molar-refractivity contribution in [2.24, 2.45) is 0 Å². The molecular formula is C13H16N2O2S. The van der Waals surface area contributed by atoms with Gasteiger partial charge in [0.05, 0.1) is 17.5 Å². The maximum Gasteiger partial charge on any atom is 0.243 e. The van der Waals surface area contributed by atoms with E-state index in [9.17, 15) is 4.79 Å². The van der Waals surface area contributed by atoms with Gasteiger partial charge in [-0.1, -0.05) is 29.5 Å². The maximum atomic E-state index is 11.9. The Morgan fingerprint density at radius 3 is 2.78 bits per heavy atom. The highest BCUT2D eigenvalue weighted by atomic mass is 32.2. The Kier molecular flexibility index (Phi) is 3.73. The molecule has 1 heterocycles. The molecule has 2 rings (SSSR count). The van der Waals surface area contributed by atoms with Gasteiger partial charge in [-0.05, 0) is 19.9 Å².